The molecule has 50 heavy (non-hydrogen) atoms. The predicted octanol–water partition coefficient (Wildman–Crippen LogP) is 10.4. The molecule has 1 aliphatic heterocycles. The quantitative estimate of drug-likeness (QED) is 0.133. The Balaban J connectivity index is 1.02. The average Bonchev–Trinajstić information content (AvgIpc) is 3.79. The Bertz CT molecular complexity index is 2330. The Hall–Kier alpha value is -5.17. The molecule has 0 saturated carbocycles. The van der Waals surface area contributed by atoms with E-state index >= 15 is 0 Å². The predicted molar refractivity (Wildman–Crippen MR) is 199 cm³/mol. The second-order valence-corrected chi connectivity index (χ2v) is 13.6. The number of ether oxygens (including phenoxy) is 3. The fraction of sp³-hybridized carbons (Fsp3) is 0.167. The van der Waals surface area contributed by atoms with Crippen molar-refractivity contribution in [3.05, 3.63) is 166 Å². The molecule has 0 saturated heterocycles. The normalized spacial score (nSPS) is 14.4. The minimum Gasteiger partial charge on any atom is -0.492 e. The van der Waals surface area contributed by atoms with E-state index in [1.165, 1.54) is 18.1 Å². The molecule has 3 heterocycles. The molecule has 250 valence electrons. The van der Waals surface area contributed by atoms with Crippen LogP contribution in [0.5, 0.6) is 11.5 Å². The van der Waals surface area contributed by atoms with E-state index in [0.717, 1.165) is 55.8 Å². The van der Waals surface area contributed by atoms with Crippen molar-refractivity contribution in [1.82, 2.24) is 9.13 Å². The molecule has 2 aromatic heterocycles. The molecule has 0 bridgehead atoms. The van der Waals surface area contributed by atoms with Crippen LogP contribution in [-0.2, 0) is 29.2 Å². The van der Waals surface area contributed by atoms with Crippen LogP contribution in [0.15, 0.2) is 128 Å². The second-order valence-electron chi connectivity index (χ2n) is 12.7. The summed E-state index contributed by atoms with van der Waals surface area (Å²) in [4.78, 5) is 12.4. The Morgan fingerprint density at radius 2 is 1.38 bits per heavy atom. The van der Waals surface area contributed by atoms with Gasteiger partial charge in [-0.3, -0.25) is 4.79 Å². The number of esters is 1. The van der Waals surface area contributed by atoms with Gasteiger partial charge in [-0.25, -0.2) is 0 Å². The lowest BCUT2D eigenvalue weighted by Gasteiger charge is -2.23. The van der Waals surface area contributed by atoms with Gasteiger partial charge in [0.25, 0.3) is 0 Å². The van der Waals surface area contributed by atoms with Crippen molar-refractivity contribution in [2.75, 3.05) is 6.61 Å². The van der Waals surface area contributed by atoms with E-state index in [1.807, 2.05) is 91.3 Å². The lowest BCUT2D eigenvalue weighted by molar-refractivity contribution is -0.148. The summed E-state index contributed by atoms with van der Waals surface area (Å²) in [6.07, 6.45) is 3.39. The summed E-state index contributed by atoms with van der Waals surface area (Å²) < 4.78 is 22.8. The first-order valence-electron chi connectivity index (χ1n) is 16.6. The maximum atomic E-state index is 12.4. The number of hydrogen-bond acceptors (Lipinski definition) is 4. The fourth-order valence-corrected chi connectivity index (χ4v) is 7.48. The highest BCUT2D eigenvalue weighted by Gasteiger charge is 2.35. The van der Waals surface area contributed by atoms with E-state index in [0.29, 0.717) is 30.5 Å². The van der Waals surface area contributed by atoms with Crippen LogP contribution in [0.4, 0.5) is 0 Å². The molecular weight excluding hydrogens is 667 g/mol. The third kappa shape index (κ3) is 6.45. The van der Waals surface area contributed by atoms with Crippen molar-refractivity contribution in [2.45, 2.75) is 38.6 Å². The third-order valence-corrected chi connectivity index (χ3v) is 9.94. The standard InChI is InChI=1S/C42H34Cl2N2O4/c1-27(47)50-42(31-13-16-35-38(44)24-46(40(35)19-31)22-29-10-6-3-7-11-29)36-26-49-41-20-32(14-17-33(36)41)48-25-30-12-15-34-37(43)23-45(39(34)18-30)21-28-8-4-2-5-9-28/h2-20,23-24,36,42H,21-22,25-26H2,1H3. The van der Waals surface area contributed by atoms with E-state index in [2.05, 4.69) is 45.5 Å². The van der Waals surface area contributed by atoms with Crippen molar-refractivity contribution >= 4 is 51.0 Å². The molecule has 6 nitrogen and oxygen atoms in total. The summed E-state index contributed by atoms with van der Waals surface area (Å²) in [6, 6.07) is 38.8. The van der Waals surface area contributed by atoms with Crippen LogP contribution in [0.3, 0.4) is 0 Å². The summed E-state index contributed by atoms with van der Waals surface area (Å²) in [5.41, 5.74) is 7.29. The molecule has 7 aromatic rings. The first-order chi connectivity index (χ1) is 24.4. The minimum absolute atomic E-state index is 0.196. The molecule has 2 atom stereocenters. The SMILES string of the molecule is CC(=O)OC(c1ccc2c(Cl)cn(Cc3ccccc3)c2c1)C1COc2cc(OCc3ccc4c(Cl)cn(Cc5ccccc5)c4c3)ccc21. The van der Waals surface area contributed by atoms with Crippen LogP contribution in [-0.4, -0.2) is 21.7 Å². The van der Waals surface area contributed by atoms with Gasteiger partial charge < -0.3 is 23.3 Å². The topological polar surface area (TPSA) is 54.6 Å². The molecule has 0 fully saturated rings. The number of nitrogens with zero attached hydrogens (tertiary/aromatic N) is 2. The van der Waals surface area contributed by atoms with E-state index < -0.39 is 6.10 Å². The molecule has 2 unspecified atom stereocenters. The molecule has 0 amide bonds. The number of benzene rings is 5. The molecule has 8 heteroatoms. The maximum Gasteiger partial charge on any atom is 0.303 e. The van der Waals surface area contributed by atoms with Crippen LogP contribution >= 0.6 is 23.2 Å². The van der Waals surface area contributed by atoms with Crippen LogP contribution < -0.4 is 9.47 Å². The van der Waals surface area contributed by atoms with E-state index in [4.69, 9.17) is 37.4 Å². The first-order valence-corrected chi connectivity index (χ1v) is 17.4. The number of aromatic nitrogens is 2. The van der Waals surface area contributed by atoms with Crippen molar-refractivity contribution < 1.29 is 19.0 Å². The zero-order valence-electron chi connectivity index (χ0n) is 27.4. The molecular formula is C42H34Cl2N2O4. The molecule has 5 aromatic carbocycles. The van der Waals surface area contributed by atoms with E-state index in [1.54, 1.807) is 0 Å². The van der Waals surface area contributed by atoms with E-state index in [-0.39, 0.29) is 11.9 Å². The van der Waals surface area contributed by atoms with Gasteiger partial charge in [-0.2, -0.15) is 0 Å². The summed E-state index contributed by atoms with van der Waals surface area (Å²) in [5.74, 6) is 0.869. The number of hydrogen-bond donors (Lipinski definition) is 0. The van der Waals surface area contributed by atoms with Crippen LogP contribution in [0.25, 0.3) is 21.8 Å². The maximum absolute atomic E-state index is 12.4. The molecule has 0 aliphatic carbocycles. The molecule has 1 aliphatic rings. The van der Waals surface area contributed by atoms with Gasteiger partial charge in [0.05, 0.1) is 33.6 Å². The van der Waals surface area contributed by atoms with Gasteiger partial charge in [-0.15, -0.1) is 0 Å². The number of carbonyl (C=O) groups is 1. The van der Waals surface area contributed by atoms with E-state index in [9.17, 15) is 4.79 Å². The highest BCUT2D eigenvalue weighted by Crippen LogP contribution is 2.45. The van der Waals surface area contributed by atoms with Gasteiger partial charge in [0.1, 0.15) is 24.2 Å². The molecule has 0 radical (unpaired) electrons. The van der Waals surface area contributed by atoms with Gasteiger partial charge in [0.15, 0.2) is 0 Å². The second kappa shape index (κ2) is 13.6. The largest absolute Gasteiger partial charge is 0.492 e. The number of halogens is 2. The highest BCUT2D eigenvalue weighted by molar-refractivity contribution is 6.36. The highest BCUT2D eigenvalue weighted by atomic mass is 35.5. The smallest absolute Gasteiger partial charge is 0.303 e. The van der Waals surface area contributed by atoms with Gasteiger partial charge >= 0.3 is 5.97 Å². The van der Waals surface area contributed by atoms with Crippen LogP contribution in [0.1, 0.15) is 46.8 Å². The summed E-state index contributed by atoms with van der Waals surface area (Å²) >= 11 is 13.2. The fourth-order valence-electron chi connectivity index (χ4n) is 6.93. The van der Waals surface area contributed by atoms with Crippen molar-refractivity contribution in [1.29, 1.82) is 0 Å². The Labute approximate surface area is 300 Å². The summed E-state index contributed by atoms with van der Waals surface area (Å²) in [6.45, 7) is 3.60. The molecule has 0 N–H and O–H groups in total. The van der Waals surface area contributed by atoms with Crippen molar-refractivity contribution in [3.8, 4) is 11.5 Å². The monoisotopic (exact) mass is 700 g/mol. The van der Waals surface area contributed by atoms with Crippen LogP contribution in [0, 0.1) is 0 Å². The zero-order valence-corrected chi connectivity index (χ0v) is 28.9. The van der Waals surface area contributed by atoms with Crippen molar-refractivity contribution in [2.24, 2.45) is 0 Å². The number of fused-ring (bicyclic) bond motifs is 3. The summed E-state index contributed by atoms with van der Waals surface area (Å²) in [5, 5.41) is 3.37. The minimum atomic E-state index is -0.547. The lowest BCUT2D eigenvalue weighted by Crippen LogP contribution is -2.18. The summed E-state index contributed by atoms with van der Waals surface area (Å²) in [7, 11) is 0. The van der Waals surface area contributed by atoms with Crippen molar-refractivity contribution in [3.63, 3.8) is 0 Å². The van der Waals surface area contributed by atoms with Gasteiger partial charge in [0.2, 0.25) is 0 Å². The van der Waals surface area contributed by atoms with Crippen LogP contribution in [0.2, 0.25) is 10.0 Å². The molecule has 0 spiro atoms. The third-order valence-electron chi connectivity index (χ3n) is 9.34. The Morgan fingerprint density at radius 1 is 0.760 bits per heavy atom. The lowest BCUT2D eigenvalue weighted by atomic mass is 9.90. The zero-order chi connectivity index (χ0) is 34.2. The van der Waals surface area contributed by atoms with Gasteiger partial charge in [-0.05, 0) is 40.5 Å². The average molecular weight is 702 g/mol. The Morgan fingerprint density at radius 3 is 2.02 bits per heavy atom. The van der Waals surface area contributed by atoms with Gasteiger partial charge in [0, 0.05) is 54.8 Å². The number of rotatable bonds is 10. The van der Waals surface area contributed by atoms with Gasteiger partial charge in [-0.1, -0.05) is 114 Å². The molecule has 8 rings (SSSR count). The Kier molecular flexibility index (Phi) is 8.73. The number of carbonyl (C=O) groups excluding carboxylic acids is 1. The first kappa shape index (κ1) is 32.1.